The van der Waals surface area contributed by atoms with Crippen LogP contribution in [0.5, 0.6) is 0 Å². The van der Waals surface area contributed by atoms with E-state index in [1.807, 2.05) is 48.5 Å². The molecule has 0 fully saturated rings. The third kappa shape index (κ3) is 4.35. The lowest BCUT2D eigenvalue weighted by atomic mass is 10.1. The molecule has 118 valence electrons. The van der Waals surface area contributed by atoms with Gasteiger partial charge in [0.15, 0.2) is 0 Å². The van der Waals surface area contributed by atoms with Crippen LogP contribution < -0.4 is 5.32 Å². The van der Waals surface area contributed by atoms with Crippen molar-refractivity contribution in [1.29, 1.82) is 0 Å². The highest BCUT2D eigenvalue weighted by atomic mass is 35.5. The summed E-state index contributed by atoms with van der Waals surface area (Å²) >= 11 is 12.0. The molecule has 0 saturated carbocycles. The number of halogens is 2. The molecule has 23 heavy (non-hydrogen) atoms. The predicted molar refractivity (Wildman–Crippen MR) is 95.9 cm³/mol. The summed E-state index contributed by atoms with van der Waals surface area (Å²) in [5.41, 5.74) is 4.20. The highest BCUT2D eigenvalue weighted by molar-refractivity contribution is 6.31. The van der Waals surface area contributed by atoms with Crippen molar-refractivity contribution in [2.24, 2.45) is 0 Å². The third-order valence-electron chi connectivity index (χ3n) is 3.62. The van der Waals surface area contributed by atoms with Crippen molar-refractivity contribution in [2.75, 3.05) is 6.54 Å². The normalized spacial score (nSPS) is 10.9. The van der Waals surface area contributed by atoms with E-state index in [0.717, 1.165) is 52.1 Å². The summed E-state index contributed by atoms with van der Waals surface area (Å²) in [7, 11) is 0. The zero-order chi connectivity index (χ0) is 16.1. The molecule has 0 amide bonds. The van der Waals surface area contributed by atoms with Crippen molar-refractivity contribution in [3.05, 3.63) is 75.9 Å². The Kier molecular flexibility index (Phi) is 5.34. The first kappa shape index (κ1) is 16.1. The second kappa shape index (κ2) is 7.64. The Bertz CT molecular complexity index is 766. The van der Waals surface area contributed by atoms with Gasteiger partial charge < -0.3 is 5.32 Å². The van der Waals surface area contributed by atoms with Crippen LogP contribution in [-0.2, 0) is 13.0 Å². The minimum absolute atomic E-state index is 0.730. The summed E-state index contributed by atoms with van der Waals surface area (Å²) in [5, 5.41) is 12.4. The molecule has 0 unspecified atom stereocenters. The van der Waals surface area contributed by atoms with E-state index < -0.39 is 0 Å². The van der Waals surface area contributed by atoms with Gasteiger partial charge in [-0.3, -0.25) is 5.10 Å². The maximum Gasteiger partial charge on any atom is 0.0923 e. The van der Waals surface area contributed by atoms with Crippen molar-refractivity contribution in [3.63, 3.8) is 0 Å². The van der Waals surface area contributed by atoms with Crippen LogP contribution >= 0.6 is 23.2 Å². The molecule has 3 rings (SSSR count). The van der Waals surface area contributed by atoms with Crippen LogP contribution in [-0.4, -0.2) is 16.7 Å². The fraction of sp³-hybridized carbons (Fsp3) is 0.167. The fourth-order valence-electron chi connectivity index (χ4n) is 2.35. The van der Waals surface area contributed by atoms with Crippen LogP contribution in [0.1, 0.15) is 11.3 Å². The number of nitrogens with zero attached hydrogens (tertiary/aromatic N) is 1. The lowest BCUT2D eigenvalue weighted by Gasteiger charge is -2.05. The molecular weight excluding hydrogens is 329 g/mol. The quantitative estimate of drug-likeness (QED) is 0.635. The largest absolute Gasteiger partial charge is 0.312 e. The molecule has 2 aromatic carbocycles. The zero-order valence-electron chi connectivity index (χ0n) is 12.5. The zero-order valence-corrected chi connectivity index (χ0v) is 14.0. The van der Waals surface area contributed by atoms with E-state index in [2.05, 4.69) is 21.6 Å². The Hall–Kier alpha value is -1.81. The smallest absolute Gasteiger partial charge is 0.0923 e. The van der Waals surface area contributed by atoms with Gasteiger partial charge in [-0.15, -0.1) is 0 Å². The summed E-state index contributed by atoms with van der Waals surface area (Å²) in [6.45, 7) is 1.62. The molecule has 0 bridgehead atoms. The first-order chi connectivity index (χ1) is 11.2. The van der Waals surface area contributed by atoms with E-state index in [-0.39, 0.29) is 0 Å². The first-order valence-corrected chi connectivity index (χ1v) is 8.22. The molecule has 0 saturated heterocycles. The van der Waals surface area contributed by atoms with Gasteiger partial charge in [0.2, 0.25) is 0 Å². The van der Waals surface area contributed by atoms with E-state index in [1.54, 1.807) is 0 Å². The second-order valence-electron chi connectivity index (χ2n) is 5.30. The van der Waals surface area contributed by atoms with Gasteiger partial charge in [-0.1, -0.05) is 53.5 Å². The summed E-state index contributed by atoms with van der Waals surface area (Å²) in [6, 6.07) is 17.6. The summed E-state index contributed by atoms with van der Waals surface area (Å²) in [4.78, 5) is 0. The monoisotopic (exact) mass is 345 g/mol. The van der Waals surface area contributed by atoms with E-state index in [1.165, 1.54) is 0 Å². The third-order valence-corrected chi connectivity index (χ3v) is 4.24. The van der Waals surface area contributed by atoms with Gasteiger partial charge in [0.1, 0.15) is 0 Å². The standard InChI is InChI=1S/C18H17Cl2N3/c19-15-7-5-13(6-8-15)18-11-16(22-23-18)9-10-21-12-14-3-1-2-4-17(14)20/h1-8,11,21H,9-10,12H2,(H,22,23). The molecule has 2 N–H and O–H groups in total. The maximum atomic E-state index is 6.14. The Balaban J connectivity index is 1.52. The minimum atomic E-state index is 0.730. The molecule has 0 aliphatic rings. The van der Waals surface area contributed by atoms with Crippen molar-refractivity contribution < 1.29 is 0 Å². The number of rotatable bonds is 6. The Morgan fingerprint density at radius 3 is 2.57 bits per heavy atom. The summed E-state index contributed by atoms with van der Waals surface area (Å²) in [6.07, 6.45) is 0.880. The van der Waals surface area contributed by atoms with Crippen LogP contribution in [0.25, 0.3) is 11.3 Å². The molecular formula is C18H17Cl2N3. The van der Waals surface area contributed by atoms with Gasteiger partial charge in [-0.2, -0.15) is 5.10 Å². The van der Waals surface area contributed by atoms with Gasteiger partial charge >= 0.3 is 0 Å². The minimum Gasteiger partial charge on any atom is -0.312 e. The summed E-state index contributed by atoms with van der Waals surface area (Å²) in [5.74, 6) is 0. The van der Waals surface area contributed by atoms with Crippen LogP contribution in [0, 0.1) is 0 Å². The van der Waals surface area contributed by atoms with Crippen molar-refractivity contribution >= 4 is 23.2 Å². The number of aromatic amines is 1. The number of nitrogens with one attached hydrogen (secondary N) is 2. The second-order valence-corrected chi connectivity index (χ2v) is 6.15. The Morgan fingerprint density at radius 1 is 1.00 bits per heavy atom. The van der Waals surface area contributed by atoms with Crippen LogP contribution in [0.2, 0.25) is 10.0 Å². The van der Waals surface area contributed by atoms with Crippen LogP contribution in [0.3, 0.4) is 0 Å². The van der Waals surface area contributed by atoms with Gasteiger partial charge in [0, 0.05) is 40.8 Å². The molecule has 3 nitrogen and oxygen atoms in total. The van der Waals surface area contributed by atoms with Crippen molar-refractivity contribution in [2.45, 2.75) is 13.0 Å². The molecule has 0 aliphatic heterocycles. The predicted octanol–water partition coefficient (Wildman–Crippen LogP) is 4.72. The lowest BCUT2D eigenvalue weighted by Crippen LogP contribution is -2.17. The number of aromatic nitrogens is 2. The van der Waals surface area contributed by atoms with Crippen molar-refractivity contribution in [3.8, 4) is 11.3 Å². The average molecular weight is 346 g/mol. The van der Waals surface area contributed by atoms with Gasteiger partial charge in [0.05, 0.1) is 5.69 Å². The van der Waals surface area contributed by atoms with E-state index in [9.17, 15) is 0 Å². The van der Waals surface area contributed by atoms with E-state index >= 15 is 0 Å². The van der Waals surface area contributed by atoms with Gasteiger partial charge in [-0.25, -0.2) is 0 Å². The molecule has 0 radical (unpaired) electrons. The van der Waals surface area contributed by atoms with E-state index in [4.69, 9.17) is 23.2 Å². The van der Waals surface area contributed by atoms with Crippen LogP contribution in [0.4, 0.5) is 0 Å². The molecule has 0 aliphatic carbocycles. The Morgan fingerprint density at radius 2 is 1.78 bits per heavy atom. The average Bonchev–Trinajstić information content (AvgIpc) is 3.03. The Labute approximate surface area is 145 Å². The first-order valence-electron chi connectivity index (χ1n) is 7.47. The molecule has 3 aromatic rings. The number of hydrogen-bond donors (Lipinski definition) is 2. The lowest BCUT2D eigenvalue weighted by molar-refractivity contribution is 0.679. The van der Waals surface area contributed by atoms with Gasteiger partial charge in [0.25, 0.3) is 0 Å². The fourth-order valence-corrected chi connectivity index (χ4v) is 2.67. The highest BCUT2D eigenvalue weighted by Crippen LogP contribution is 2.20. The van der Waals surface area contributed by atoms with Crippen molar-refractivity contribution in [1.82, 2.24) is 15.5 Å². The topological polar surface area (TPSA) is 40.7 Å². The van der Waals surface area contributed by atoms with E-state index in [0.29, 0.717) is 0 Å². The molecule has 5 heteroatoms. The highest BCUT2D eigenvalue weighted by Gasteiger charge is 2.04. The SMILES string of the molecule is Clc1ccc(-c2cc(CCNCc3ccccc3Cl)[nH]n2)cc1. The number of benzene rings is 2. The number of hydrogen-bond acceptors (Lipinski definition) is 2. The molecule has 1 aromatic heterocycles. The number of H-pyrrole nitrogens is 1. The molecule has 0 atom stereocenters. The summed E-state index contributed by atoms with van der Waals surface area (Å²) < 4.78 is 0. The maximum absolute atomic E-state index is 6.14. The van der Waals surface area contributed by atoms with Crippen LogP contribution in [0.15, 0.2) is 54.6 Å². The van der Waals surface area contributed by atoms with Gasteiger partial charge in [-0.05, 0) is 29.8 Å². The molecule has 1 heterocycles. The molecule has 0 spiro atoms.